The summed E-state index contributed by atoms with van der Waals surface area (Å²) in [4.78, 5) is 1.49. The van der Waals surface area contributed by atoms with Crippen molar-refractivity contribution in [1.29, 1.82) is 0 Å². The van der Waals surface area contributed by atoms with E-state index < -0.39 is 10.0 Å². The average molecular weight is 331 g/mol. The average Bonchev–Trinajstić information content (AvgIpc) is 2.88. The van der Waals surface area contributed by atoms with Crippen LogP contribution in [0.25, 0.3) is 0 Å². The van der Waals surface area contributed by atoms with E-state index in [2.05, 4.69) is 23.9 Å². The standard InChI is InChI=1S/C15H26N2O2S2/c1-3-7-16-10-14-9-15(11-20-14)21(18,19)17-13-6-4-5-12(2)8-13/h9,11-13,16-17H,3-8,10H2,1-2H3. The second kappa shape index (κ2) is 7.72. The van der Waals surface area contributed by atoms with E-state index >= 15 is 0 Å². The third kappa shape index (κ3) is 5.06. The molecule has 1 saturated carbocycles. The van der Waals surface area contributed by atoms with Crippen LogP contribution >= 0.6 is 11.3 Å². The third-order valence-electron chi connectivity index (χ3n) is 3.92. The van der Waals surface area contributed by atoms with E-state index in [4.69, 9.17) is 0 Å². The zero-order chi connectivity index (χ0) is 15.3. The van der Waals surface area contributed by atoms with Gasteiger partial charge in [0.15, 0.2) is 0 Å². The number of nitrogens with one attached hydrogen (secondary N) is 2. The molecule has 0 radical (unpaired) electrons. The summed E-state index contributed by atoms with van der Waals surface area (Å²) >= 11 is 1.51. The molecule has 1 heterocycles. The van der Waals surface area contributed by atoms with Gasteiger partial charge in [-0.1, -0.05) is 26.7 Å². The van der Waals surface area contributed by atoms with E-state index in [1.165, 1.54) is 17.8 Å². The summed E-state index contributed by atoms with van der Waals surface area (Å²) in [5, 5.41) is 5.05. The SMILES string of the molecule is CCCNCc1cc(S(=O)(=O)NC2CCCC(C)C2)cs1. The van der Waals surface area contributed by atoms with Gasteiger partial charge in [0.2, 0.25) is 10.0 Å². The summed E-state index contributed by atoms with van der Waals surface area (Å²) < 4.78 is 27.7. The van der Waals surface area contributed by atoms with Gasteiger partial charge in [0.1, 0.15) is 0 Å². The van der Waals surface area contributed by atoms with E-state index in [1.807, 2.05) is 0 Å². The van der Waals surface area contributed by atoms with Crippen molar-refractivity contribution >= 4 is 21.4 Å². The number of hydrogen-bond acceptors (Lipinski definition) is 4. The molecule has 0 aromatic carbocycles. The maximum absolute atomic E-state index is 12.4. The van der Waals surface area contributed by atoms with E-state index in [9.17, 15) is 8.42 Å². The molecule has 0 spiro atoms. The van der Waals surface area contributed by atoms with E-state index in [-0.39, 0.29) is 6.04 Å². The molecular weight excluding hydrogens is 304 g/mol. The zero-order valence-electron chi connectivity index (χ0n) is 12.9. The Morgan fingerprint density at radius 2 is 2.19 bits per heavy atom. The fraction of sp³-hybridized carbons (Fsp3) is 0.733. The van der Waals surface area contributed by atoms with Gasteiger partial charge in [0.25, 0.3) is 0 Å². The molecular formula is C15H26N2O2S2. The Morgan fingerprint density at radius 1 is 1.38 bits per heavy atom. The van der Waals surface area contributed by atoms with Crippen LogP contribution in [0.2, 0.25) is 0 Å². The molecule has 21 heavy (non-hydrogen) atoms. The van der Waals surface area contributed by atoms with Crippen molar-refractivity contribution in [3.63, 3.8) is 0 Å². The molecule has 1 aliphatic rings. The Morgan fingerprint density at radius 3 is 2.90 bits per heavy atom. The van der Waals surface area contributed by atoms with Crippen LogP contribution in [0.4, 0.5) is 0 Å². The summed E-state index contributed by atoms with van der Waals surface area (Å²) in [5.74, 6) is 0.614. The second-order valence-corrected chi connectivity index (χ2v) is 8.73. The predicted molar refractivity (Wildman–Crippen MR) is 88.1 cm³/mol. The molecule has 0 aliphatic heterocycles. The highest BCUT2D eigenvalue weighted by Crippen LogP contribution is 2.26. The van der Waals surface area contributed by atoms with Crippen LogP contribution in [0.1, 0.15) is 50.8 Å². The first kappa shape index (κ1) is 16.9. The molecule has 2 atom stereocenters. The Kier molecular flexibility index (Phi) is 6.22. The van der Waals surface area contributed by atoms with Crippen molar-refractivity contribution in [2.24, 2.45) is 5.92 Å². The maximum atomic E-state index is 12.4. The lowest BCUT2D eigenvalue weighted by Gasteiger charge is -2.27. The molecule has 1 aliphatic carbocycles. The highest BCUT2D eigenvalue weighted by atomic mass is 32.2. The minimum Gasteiger partial charge on any atom is -0.312 e. The number of rotatable bonds is 7. The Labute approximate surface area is 132 Å². The van der Waals surface area contributed by atoms with Crippen molar-refractivity contribution < 1.29 is 8.42 Å². The smallest absolute Gasteiger partial charge is 0.241 e. The fourth-order valence-electron chi connectivity index (χ4n) is 2.81. The van der Waals surface area contributed by atoms with Gasteiger partial charge in [-0.15, -0.1) is 11.3 Å². The fourth-order valence-corrected chi connectivity index (χ4v) is 5.34. The molecule has 1 fully saturated rings. The molecule has 6 heteroatoms. The van der Waals surface area contributed by atoms with Gasteiger partial charge in [0, 0.05) is 22.8 Å². The van der Waals surface area contributed by atoms with Crippen LogP contribution in [0.15, 0.2) is 16.3 Å². The summed E-state index contributed by atoms with van der Waals surface area (Å²) in [6, 6.07) is 1.89. The molecule has 2 unspecified atom stereocenters. The molecule has 0 amide bonds. The normalized spacial score (nSPS) is 23.3. The summed E-state index contributed by atoms with van der Waals surface area (Å²) in [7, 11) is -3.36. The predicted octanol–water partition coefficient (Wildman–Crippen LogP) is 3.10. The largest absolute Gasteiger partial charge is 0.312 e. The minimum absolute atomic E-state index is 0.0975. The highest BCUT2D eigenvalue weighted by molar-refractivity contribution is 7.89. The quantitative estimate of drug-likeness (QED) is 0.755. The van der Waals surface area contributed by atoms with Crippen LogP contribution < -0.4 is 10.0 Å². The molecule has 0 bridgehead atoms. The Hall–Kier alpha value is -0.430. The number of thiophene rings is 1. The number of hydrogen-bond donors (Lipinski definition) is 2. The lowest BCUT2D eigenvalue weighted by molar-refractivity contribution is 0.327. The molecule has 0 saturated heterocycles. The molecule has 2 N–H and O–H groups in total. The molecule has 4 nitrogen and oxygen atoms in total. The zero-order valence-corrected chi connectivity index (χ0v) is 14.5. The Bertz CT molecular complexity index is 540. The van der Waals surface area contributed by atoms with E-state index in [0.717, 1.165) is 43.6 Å². The van der Waals surface area contributed by atoms with Crippen molar-refractivity contribution in [2.45, 2.75) is 63.4 Å². The summed E-state index contributed by atoms with van der Waals surface area (Å²) in [6.45, 7) is 6.02. The highest BCUT2D eigenvalue weighted by Gasteiger charge is 2.25. The lowest BCUT2D eigenvalue weighted by atomic mass is 9.88. The van der Waals surface area contributed by atoms with Gasteiger partial charge < -0.3 is 5.32 Å². The van der Waals surface area contributed by atoms with Gasteiger partial charge in [0.05, 0.1) is 4.90 Å². The van der Waals surface area contributed by atoms with Gasteiger partial charge in [-0.05, 0) is 37.8 Å². The summed E-state index contributed by atoms with van der Waals surface area (Å²) in [5.41, 5.74) is 0. The van der Waals surface area contributed by atoms with Gasteiger partial charge >= 0.3 is 0 Å². The monoisotopic (exact) mass is 330 g/mol. The lowest BCUT2D eigenvalue weighted by Crippen LogP contribution is -2.37. The molecule has 1 aromatic heterocycles. The van der Waals surface area contributed by atoms with E-state index in [1.54, 1.807) is 11.4 Å². The number of sulfonamides is 1. The molecule has 1 aromatic rings. The third-order valence-corrected chi connectivity index (χ3v) is 6.51. The minimum atomic E-state index is -3.36. The Balaban J connectivity index is 1.95. The van der Waals surface area contributed by atoms with Crippen LogP contribution in [0, 0.1) is 5.92 Å². The van der Waals surface area contributed by atoms with Crippen LogP contribution in [-0.2, 0) is 16.6 Å². The van der Waals surface area contributed by atoms with Crippen LogP contribution in [0.3, 0.4) is 0 Å². The second-order valence-electron chi connectivity index (χ2n) is 6.02. The summed E-state index contributed by atoms with van der Waals surface area (Å²) in [6.07, 6.45) is 5.32. The van der Waals surface area contributed by atoms with Crippen molar-refractivity contribution in [2.75, 3.05) is 6.54 Å². The van der Waals surface area contributed by atoms with Gasteiger partial charge in [-0.25, -0.2) is 13.1 Å². The topological polar surface area (TPSA) is 58.2 Å². The maximum Gasteiger partial charge on any atom is 0.241 e. The molecule has 2 rings (SSSR count). The van der Waals surface area contributed by atoms with Crippen molar-refractivity contribution in [3.8, 4) is 0 Å². The van der Waals surface area contributed by atoms with Crippen LogP contribution in [0.5, 0.6) is 0 Å². The first-order valence-electron chi connectivity index (χ1n) is 7.81. The first-order valence-corrected chi connectivity index (χ1v) is 10.2. The van der Waals surface area contributed by atoms with Gasteiger partial charge in [-0.3, -0.25) is 0 Å². The van der Waals surface area contributed by atoms with Crippen LogP contribution in [-0.4, -0.2) is 21.0 Å². The van der Waals surface area contributed by atoms with Crippen molar-refractivity contribution in [3.05, 3.63) is 16.3 Å². The van der Waals surface area contributed by atoms with Crippen molar-refractivity contribution in [1.82, 2.24) is 10.0 Å². The van der Waals surface area contributed by atoms with E-state index in [0.29, 0.717) is 10.8 Å². The molecule has 120 valence electrons. The first-order chi connectivity index (χ1) is 10.0. The van der Waals surface area contributed by atoms with Gasteiger partial charge in [-0.2, -0.15) is 0 Å².